The largest absolute Gasteiger partial charge is 0.494 e. The van der Waals surface area contributed by atoms with Crippen molar-refractivity contribution < 1.29 is 19.8 Å². The van der Waals surface area contributed by atoms with E-state index in [1.54, 1.807) is 0 Å². The molecule has 0 radical (unpaired) electrons. The topological polar surface area (TPSA) is 119 Å². The normalized spacial score (nSPS) is 12.2. The number of pyridine rings is 1. The first-order valence-electron chi connectivity index (χ1n) is 5.76. The lowest BCUT2D eigenvalue weighted by molar-refractivity contribution is -0.139. The molecule has 1 rings (SSSR count). The lowest BCUT2D eigenvalue weighted by atomic mass is 10.0. The maximum absolute atomic E-state index is 11.8. The Morgan fingerprint density at radius 1 is 1.37 bits per heavy atom. The van der Waals surface area contributed by atoms with Crippen LogP contribution in [0.25, 0.3) is 0 Å². The summed E-state index contributed by atoms with van der Waals surface area (Å²) in [4.78, 5) is 36.0. The molecule has 0 spiro atoms. The SMILES string of the molecule is CC(C)C[C@H](NC(=O)c1cc(O)[nH]c(=O)c1)C(=O)O. The van der Waals surface area contributed by atoms with Crippen LogP contribution in [0.15, 0.2) is 16.9 Å². The highest BCUT2D eigenvalue weighted by Gasteiger charge is 2.22. The molecule has 19 heavy (non-hydrogen) atoms. The minimum absolute atomic E-state index is 0.0868. The van der Waals surface area contributed by atoms with Gasteiger partial charge < -0.3 is 15.5 Å². The van der Waals surface area contributed by atoms with Crippen molar-refractivity contribution in [3.8, 4) is 5.88 Å². The molecular weight excluding hydrogens is 252 g/mol. The molecule has 0 aliphatic rings. The van der Waals surface area contributed by atoms with Gasteiger partial charge in [0.1, 0.15) is 6.04 Å². The fourth-order valence-corrected chi connectivity index (χ4v) is 1.59. The smallest absolute Gasteiger partial charge is 0.326 e. The van der Waals surface area contributed by atoms with Gasteiger partial charge >= 0.3 is 5.97 Å². The highest BCUT2D eigenvalue weighted by molar-refractivity contribution is 5.96. The van der Waals surface area contributed by atoms with Crippen LogP contribution in [0.4, 0.5) is 0 Å². The van der Waals surface area contributed by atoms with Crippen LogP contribution in [0.2, 0.25) is 0 Å². The molecule has 1 amide bonds. The molecule has 1 aromatic rings. The number of rotatable bonds is 5. The molecule has 7 nitrogen and oxygen atoms in total. The van der Waals surface area contributed by atoms with Crippen molar-refractivity contribution in [2.75, 3.05) is 0 Å². The Kier molecular flexibility index (Phi) is 4.68. The number of amides is 1. The number of hydrogen-bond donors (Lipinski definition) is 4. The van der Waals surface area contributed by atoms with Crippen molar-refractivity contribution in [1.29, 1.82) is 0 Å². The molecule has 7 heteroatoms. The second-order valence-corrected chi connectivity index (χ2v) is 4.61. The van der Waals surface area contributed by atoms with Crippen LogP contribution in [0.5, 0.6) is 5.88 Å². The summed E-state index contributed by atoms with van der Waals surface area (Å²) < 4.78 is 0. The Labute approximate surface area is 109 Å². The molecule has 1 aromatic heterocycles. The average Bonchev–Trinajstić information content (AvgIpc) is 2.25. The number of nitrogens with one attached hydrogen (secondary N) is 2. The summed E-state index contributed by atoms with van der Waals surface area (Å²) in [5, 5.41) is 20.5. The van der Waals surface area contributed by atoms with Gasteiger partial charge in [0.2, 0.25) is 0 Å². The van der Waals surface area contributed by atoms with Gasteiger partial charge in [-0.25, -0.2) is 4.79 Å². The van der Waals surface area contributed by atoms with Crippen molar-refractivity contribution in [1.82, 2.24) is 10.3 Å². The van der Waals surface area contributed by atoms with Gasteiger partial charge in [0.15, 0.2) is 5.88 Å². The van der Waals surface area contributed by atoms with E-state index in [4.69, 9.17) is 5.11 Å². The van der Waals surface area contributed by atoms with Crippen LogP contribution in [0.1, 0.15) is 30.6 Å². The molecule has 1 atom stereocenters. The molecule has 0 saturated heterocycles. The first-order chi connectivity index (χ1) is 8.79. The summed E-state index contributed by atoms with van der Waals surface area (Å²) in [5.74, 6) is -2.21. The molecule has 0 aliphatic heterocycles. The molecular formula is C12H16N2O5. The second-order valence-electron chi connectivity index (χ2n) is 4.61. The van der Waals surface area contributed by atoms with E-state index < -0.39 is 29.4 Å². The Bertz CT molecular complexity index is 535. The molecule has 0 aliphatic carbocycles. The molecule has 1 heterocycles. The van der Waals surface area contributed by atoms with Gasteiger partial charge in [-0.15, -0.1) is 0 Å². The number of aliphatic carboxylic acids is 1. The zero-order chi connectivity index (χ0) is 14.6. The number of carbonyl (C=O) groups is 2. The molecule has 0 aromatic carbocycles. The first-order valence-corrected chi connectivity index (χ1v) is 5.76. The van der Waals surface area contributed by atoms with Gasteiger partial charge in [0.05, 0.1) is 5.56 Å². The third-order valence-corrected chi connectivity index (χ3v) is 2.40. The predicted molar refractivity (Wildman–Crippen MR) is 67.1 cm³/mol. The van der Waals surface area contributed by atoms with Gasteiger partial charge in [0.25, 0.3) is 11.5 Å². The van der Waals surface area contributed by atoms with Crippen LogP contribution in [0.3, 0.4) is 0 Å². The number of hydrogen-bond acceptors (Lipinski definition) is 4. The molecule has 4 N–H and O–H groups in total. The van der Waals surface area contributed by atoms with E-state index >= 15 is 0 Å². The third-order valence-electron chi connectivity index (χ3n) is 2.40. The summed E-state index contributed by atoms with van der Waals surface area (Å²) in [6.45, 7) is 3.67. The van der Waals surface area contributed by atoms with E-state index in [2.05, 4.69) is 10.3 Å². The number of carbonyl (C=O) groups excluding carboxylic acids is 1. The fraction of sp³-hybridized carbons (Fsp3) is 0.417. The highest BCUT2D eigenvalue weighted by Crippen LogP contribution is 2.08. The molecule has 104 valence electrons. The minimum Gasteiger partial charge on any atom is -0.494 e. The number of carboxylic acid groups (broad SMARTS) is 1. The lowest BCUT2D eigenvalue weighted by Crippen LogP contribution is -2.41. The van der Waals surface area contributed by atoms with Crippen LogP contribution >= 0.6 is 0 Å². The standard InChI is InChI=1S/C12H16N2O5/c1-6(2)3-8(12(18)19)13-11(17)7-4-9(15)14-10(16)5-7/h4-6,8H,3H2,1-2H3,(H,13,17)(H,18,19)(H2,14,15,16)/t8-/m0/s1. The molecule has 0 unspecified atom stereocenters. The number of aromatic amines is 1. The van der Waals surface area contributed by atoms with Crippen molar-refractivity contribution in [2.24, 2.45) is 5.92 Å². The highest BCUT2D eigenvalue weighted by atomic mass is 16.4. The van der Waals surface area contributed by atoms with Gasteiger partial charge in [0, 0.05) is 12.1 Å². The van der Waals surface area contributed by atoms with Crippen LogP contribution in [-0.2, 0) is 4.79 Å². The van der Waals surface area contributed by atoms with E-state index in [1.165, 1.54) is 0 Å². The van der Waals surface area contributed by atoms with Crippen molar-refractivity contribution in [2.45, 2.75) is 26.3 Å². The number of aromatic hydroxyl groups is 1. The van der Waals surface area contributed by atoms with E-state index in [9.17, 15) is 19.5 Å². The van der Waals surface area contributed by atoms with Gasteiger partial charge in [-0.3, -0.25) is 14.6 Å². The van der Waals surface area contributed by atoms with Crippen molar-refractivity contribution in [3.05, 3.63) is 28.0 Å². The number of carboxylic acids is 1. The van der Waals surface area contributed by atoms with E-state index in [0.717, 1.165) is 12.1 Å². The summed E-state index contributed by atoms with van der Waals surface area (Å²) in [7, 11) is 0. The van der Waals surface area contributed by atoms with Crippen molar-refractivity contribution >= 4 is 11.9 Å². The summed E-state index contributed by atoms with van der Waals surface area (Å²) >= 11 is 0. The maximum Gasteiger partial charge on any atom is 0.326 e. The Balaban J connectivity index is 2.87. The molecule has 0 bridgehead atoms. The average molecular weight is 268 g/mol. The van der Waals surface area contributed by atoms with Gasteiger partial charge in [-0.05, 0) is 12.3 Å². The van der Waals surface area contributed by atoms with E-state index in [-0.39, 0.29) is 17.9 Å². The number of H-pyrrole nitrogens is 1. The molecule has 0 fully saturated rings. The van der Waals surface area contributed by atoms with Crippen LogP contribution < -0.4 is 10.9 Å². The van der Waals surface area contributed by atoms with Gasteiger partial charge in [-0.1, -0.05) is 13.8 Å². The summed E-state index contributed by atoms with van der Waals surface area (Å²) in [6.07, 6.45) is 0.274. The third kappa shape index (κ3) is 4.46. The zero-order valence-corrected chi connectivity index (χ0v) is 10.6. The minimum atomic E-state index is -1.14. The molecule has 0 saturated carbocycles. The number of aromatic nitrogens is 1. The van der Waals surface area contributed by atoms with Crippen molar-refractivity contribution in [3.63, 3.8) is 0 Å². The Morgan fingerprint density at radius 2 is 2.00 bits per heavy atom. The second kappa shape index (κ2) is 6.03. The lowest BCUT2D eigenvalue weighted by Gasteiger charge is -2.16. The van der Waals surface area contributed by atoms with E-state index in [1.807, 2.05) is 13.8 Å². The quantitative estimate of drug-likeness (QED) is 0.612. The maximum atomic E-state index is 11.8. The Morgan fingerprint density at radius 3 is 2.47 bits per heavy atom. The van der Waals surface area contributed by atoms with Gasteiger partial charge in [-0.2, -0.15) is 0 Å². The Hall–Kier alpha value is -2.31. The monoisotopic (exact) mass is 268 g/mol. The van der Waals surface area contributed by atoms with Crippen LogP contribution in [-0.4, -0.2) is 33.1 Å². The summed E-state index contributed by atoms with van der Waals surface area (Å²) in [6, 6.07) is 1.02. The van der Waals surface area contributed by atoms with Crippen LogP contribution in [0, 0.1) is 5.92 Å². The summed E-state index contributed by atoms with van der Waals surface area (Å²) in [5.41, 5.74) is -0.725. The van der Waals surface area contributed by atoms with E-state index in [0.29, 0.717) is 0 Å². The zero-order valence-electron chi connectivity index (χ0n) is 10.6. The predicted octanol–water partition coefficient (Wildman–Crippen LogP) is 0.310. The fourth-order valence-electron chi connectivity index (χ4n) is 1.59. The first kappa shape index (κ1) is 14.7.